The van der Waals surface area contributed by atoms with Gasteiger partial charge in [-0.15, -0.1) is 5.10 Å². The van der Waals surface area contributed by atoms with Gasteiger partial charge in [-0.2, -0.15) is 0 Å². The van der Waals surface area contributed by atoms with E-state index in [9.17, 15) is 4.79 Å². The number of nitrogens with zero attached hydrogens (tertiary/aromatic N) is 4. The fourth-order valence-electron chi connectivity index (χ4n) is 2.85. The van der Waals surface area contributed by atoms with Crippen molar-refractivity contribution in [1.82, 2.24) is 20.0 Å². The first-order valence-electron chi connectivity index (χ1n) is 8.72. The Morgan fingerprint density at radius 3 is 2.68 bits per heavy atom. The number of carbonyl (C=O) groups is 1. The number of amides is 1. The highest BCUT2D eigenvalue weighted by Gasteiger charge is 2.13. The highest BCUT2D eigenvalue weighted by atomic mass is 16.1. The molecule has 0 atom stereocenters. The largest absolute Gasteiger partial charge is 0.384 e. The third kappa shape index (κ3) is 3.59. The van der Waals surface area contributed by atoms with Crippen molar-refractivity contribution in [1.29, 1.82) is 0 Å². The van der Waals surface area contributed by atoms with E-state index in [2.05, 4.69) is 20.6 Å². The SMILES string of the molecule is Cc1ccc(-c2cn(-c3ccnc(N)c3)nn2)cc1C(=O)Nc1ccccc1. The quantitative estimate of drug-likeness (QED) is 0.573. The number of nitrogen functional groups attached to an aromatic ring is 1. The maximum absolute atomic E-state index is 12.7. The van der Waals surface area contributed by atoms with Gasteiger partial charge < -0.3 is 11.1 Å². The number of anilines is 2. The van der Waals surface area contributed by atoms with E-state index in [1.807, 2.05) is 55.5 Å². The van der Waals surface area contributed by atoms with Crippen molar-refractivity contribution in [2.24, 2.45) is 0 Å². The average molecular weight is 370 g/mol. The predicted molar refractivity (Wildman–Crippen MR) is 108 cm³/mol. The lowest BCUT2D eigenvalue weighted by Crippen LogP contribution is -2.13. The van der Waals surface area contributed by atoms with Crippen LogP contribution >= 0.6 is 0 Å². The molecule has 0 unspecified atom stereocenters. The summed E-state index contributed by atoms with van der Waals surface area (Å²) in [4.78, 5) is 16.7. The van der Waals surface area contributed by atoms with Gasteiger partial charge in [0.05, 0.1) is 11.9 Å². The van der Waals surface area contributed by atoms with Gasteiger partial charge in [0.25, 0.3) is 5.91 Å². The van der Waals surface area contributed by atoms with E-state index in [-0.39, 0.29) is 5.91 Å². The van der Waals surface area contributed by atoms with Gasteiger partial charge in [0.15, 0.2) is 0 Å². The number of carbonyl (C=O) groups excluding carboxylic acids is 1. The monoisotopic (exact) mass is 370 g/mol. The lowest BCUT2D eigenvalue weighted by atomic mass is 10.0. The minimum Gasteiger partial charge on any atom is -0.384 e. The lowest BCUT2D eigenvalue weighted by molar-refractivity contribution is 0.102. The summed E-state index contributed by atoms with van der Waals surface area (Å²) in [6, 6.07) is 18.5. The Balaban J connectivity index is 1.63. The molecule has 138 valence electrons. The van der Waals surface area contributed by atoms with Crippen molar-refractivity contribution in [2.75, 3.05) is 11.1 Å². The number of pyridine rings is 1. The summed E-state index contributed by atoms with van der Waals surface area (Å²) in [6.07, 6.45) is 3.41. The van der Waals surface area contributed by atoms with Crippen molar-refractivity contribution in [3.8, 4) is 16.9 Å². The molecule has 0 aliphatic rings. The average Bonchev–Trinajstić information content (AvgIpc) is 3.19. The summed E-state index contributed by atoms with van der Waals surface area (Å²) in [5.41, 5.74) is 10.2. The van der Waals surface area contributed by atoms with Crippen LogP contribution in [0.5, 0.6) is 0 Å². The molecular formula is C21H18N6O. The summed E-state index contributed by atoms with van der Waals surface area (Å²) in [5, 5.41) is 11.3. The van der Waals surface area contributed by atoms with Crippen LogP contribution < -0.4 is 11.1 Å². The Labute approximate surface area is 161 Å². The van der Waals surface area contributed by atoms with Crippen LogP contribution in [-0.4, -0.2) is 25.9 Å². The van der Waals surface area contributed by atoms with Gasteiger partial charge in [-0.1, -0.05) is 35.5 Å². The molecule has 0 aliphatic carbocycles. The third-order valence-electron chi connectivity index (χ3n) is 4.33. The van der Waals surface area contributed by atoms with Crippen molar-refractivity contribution in [3.05, 3.63) is 84.2 Å². The van der Waals surface area contributed by atoms with Gasteiger partial charge in [0.1, 0.15) is 11.5 Å². The smallest absolute Gasteiger partial charge is 0.255 e. The van der Waals surface area contributed by atoms with E-state index >= 15 is 0 Å². The van der Waals surface area contributed by atoms with Gasteiger partial charge in [-0.25, -0.2) is 9.67 Å². The number of benzene rings is 2. The molecule has 2 aromatic heterocycles. The molecule has 4 rings (SSSR count). The molecule has 1 amide bonds. The van der Waals surface area contributed by atoms with Gasteiger partial charge in [0, 0.05) is 29.1 Å². The first kappa shape index (κ1) is 17.4. The van der Waals surface area contributed by atoms with Crippen LogP contribution in [0.4, 0.5) is 11.5 Å². The first-order valence-corrected chi connectivity index (χ1v) is 8.72. The molecule has 0 saturated carbocycles. The predicted octanol–water partition coefficient (Wildman–Crippen LogP) is 3.47. The van der Waals surface area contributed by atoms with E-state index in [1.165, 1.54) is 0 Å². The molecule has 4 aromatic rings. The Morgan fingerprint density at radius 1 is 1.07 bits per heavy atom. The number of hydrogen-bond donors (Lipinski definition) is 2. The highest BCUT2D eigenvalue weighted by molar-refractivity contribution is 6.05. The molecule has 3 N–H and O–H groups in total. The van der Waals surface area contributed by atoms with E-state index in [1.54, 1.807) is 29.2 Å². The number of hydrogen-bond acceptors (Lipinski definition) is 5. The van der Waals surface area contributed by atoms with Crippen LogP contribution in [0.15, 0.2) is 73.1 Å². The Morgan fingerprint density at radius 2 is 1.89 bits per heavy atom. The summed E-state index contributed by atoms with van der Waals surface area (Å²) in [6.45, 7) is 1.90. The number of para-hydroxylation sites is 1. The van der Waals surface area contributed by atoms with E-state index in [0.717, 1.165) is 22.5 Å². The second kappa shape index (κ2) is 7.32. The molecule has 0 fully saturated rings. The molecule has 0 aliphatic heterocycles. The number of nitrogens with one attached hydrogen (secondary N) is 1. The Hall–Kier alpha value is -4.00. The molecule has 0 radical (unpaired) electrons. The van der Waals surface area contributed by atoms with Crippen molar-refractivity contribution in [2.45, 2.75) is 6.92 Å². The molecule has 2 aromatic carbocycles. The zero-order valence-electron chi connectivity index (χ0n) is 15.2. The maximum atomic E-state index is 12.7. The second-order valence-electron chi connectivity index (χ2n) is 6.34. The molecule has 0 saturated heterocycles. The van der Waals surface area contributed by atoms with E-state index in [4.69, 9.17) is 5.73 Å². The van der Waals surface area contributed by atoms with Crippen molar-refractivity contribution in [3.63, 3.8) is 0 Å². The minimum absolute atomic E-state index is 0.167. The molecule has 2 heterocycles. The fraction of sp³-hybridized carbons (Fsp3) is 0.0476. The van der Waals surface area contributed by atoms with E-state index < -0.39 is 0 Å². The van der Waals surface area contributed by atoms with Crippen LogP contribution in [0.25, 0.3) is 16.9 Å². The van der Waals surface area contributed by atoms with Gasteiger partial charge in [-0.05, 0) is 36.8 Å². The highest BCUT2D eigenvalue weighted by Crippen LogP contribution is 2.22. The van der Waals surface area contributed by atoms with Gasteiger partial charge >= 0.3 is 0 Å². The van der Waals surface area contributed by atoms with Crippen molar-refractivity contribution >= 4 is 17.4 Å². The fourth-order valence-corrected chi connectivity index (χ4v) is 2.85. The molecule has 0 bridgehead atoms. The second-order valence-corrected chi connectivity index (χ2v) is 6.34. The van der Waals surface area contributed by atoms with Crippen LogP contribution in [0.1, 0.15) is 15.9 Å². The van der Waals surface area contributed by atoms with Crippen LogP contribution in [-0.2, 0) is 0 Å². The topological polar surface area (TPSA) is 98.7 Å². The maximum Gasteiger partial charge on any atom is 0.255 e. The number of aromatic nitrogens is 4. The molecule has 0 spiro atoms. The van der Waals surface area contributed by atoms with Crippen LogP contribution in [0.3, 0.4) is 0 Å². The summed E-state index contributed by atoms with van der Waals surface area (Å²) < 4.78 is 1.62. The molecular weight excluding hydrogens is 352 g/mol. The third-order valence-corrected chi connectivity index (χ3v) is 4.33. The lowest BCUT2D eigenvalue weighted by Gasteiger charge is -2.09. The zero-order chi connectivity index (χ0) is 19.5. The molecule has 7 nitrogen and oxygen atoms in total. The summed E-state index contributed by atoms with van der Waals surface area (Å²) in [7, 11) is 0. The van der Waals surface area contributed by atoms with Crippen LogP contribution in [0, 0.1) is 6.92 Å². The van der Waals surface area contributed by atoms with Gasteiger partial charge in [-0.3, -0.25) is 4.79 Å². The number of rotatable bonds is 4. The summed E-state index contributed by atoms with van der Waals surface area (Å²) in [5.74, 6) is 0.240. The summed E-state index contributed by atoms with van der Waals surface area (Å²) >= 11 is 0. The number of nitrogens with two attached hydrogens (primary N) is 1. The molecule has 28 heavy (non-hydrogen) atoms. The minimum atomic E-state index is -0.167. The Bertz CT molecular complexity index is 1140. The van der Waals surface area contributed by atoms with Crippen LogP contribution in [0.2, 0.25) is 0 Å². The normalized spacial score (nSPS) is 10.6. The zero-order valence-corrected chi connectivity index (χ0v) is 15.2. The Kier molecular flexibility index (Phi) is 4.55. The van der Waals surface area contributed by atoms with Gasteiger partial charge in [0.2, 0.25) is 0 Å². The van der Waals surface area contributed by atoms with Crippen molar-refractivity contribution < 1.29 is 4.79 Å². The first-order chi connectivity index (χ1) is 13.6. The molecule has 7 heteroatoms. The van der Waals surface area contributed by atoms with E-state index in [0.29, 0.717) is 17.1 Å². The number of aryl methyl sites for hydroxylation is 1. The standard InChI is InChI=1S/C21H18N6O/c1-14-7-8-15(11-18(14)21(28)24-16-5-3-2-4-6-16)19-13-27(26-25-19)17-9-10-23-20(22)12-17/h2-13H,1H3,(H2,22,23)(H,24,28).